The van der Waals surface area contributed by atoms with Gasteiger partial charge in [-0.05, 0) is 32.9 Å². The molecule has 166 valence electrons. The number of rotatable bonds is 4. The molecule has 1 aliphatic rings. The third kappa shape index (κ3) is 4.19. The first-order valence-electron chi connectivity index (χ1n) is 9.80. The lowest BCUT2D eigenvalue weighted by Crippen LogP contribution is -2.52. The molecule has 0 atom stereocenters. The topological polar surface area (TPSA) is 145 Å². The Kier molecular flexibility index (Phi) is 5.20. The number of amides is 1. The van der Waals surface area contributed by atoms with Crippen LogP contribution in [0, 0.1) is 0 Å². The Bertz CT molecular complexity index is 1240. The number of hydrogen-bond acceptors (Lipinski definition) is 8. The normalized spacial score (nSPS) is 14.2. The van der Waals surface area contributed by atoms with E-state index < -0.39 is 17.1 Å². The lowest BCUT2D eigenvalue weighted by Gasteiger charge is -2.39. The summed E-state index contributed by atoms with van der Waals surface area (Å²) in [6, 6.07) is 3.82. The summed E-state index contributed by atoms with van der Waals surface area (Å²) in [5.74, 6) is -1.25. The molecular formula is C20H21N7O5. The molecule has 3 aromatic heterocycles. The molecule has 1 fully saturated rings. The summed E-state index contributed by atoms with van der Waals surface area (Å²) in [5, 5.41) is 21.1. The van der Waals surface area contributed by atoms with E-state index in [9.17, 15) is 14.4 Å². The molecule has 1 aliphatic heterocycles. The van der Waals surface area contributed by atoms with Crippen molar-refractivity contribution >= 4 is 12.1 Å². The summed E-state index contributed by atoms with van der Waals surface area (Å²) in [7, 11) is 0. The zero-order chi connectivity index (χ0) is 23.0. The second-order valence-corrected chi connectivity index (χ2v) is 8.31. The number of nitrogens with zero attached hydrogens (tertiary/aromatic N) is 7. The summed E-state index contributed by atoms with van der Waals surface area (Å²) in [6.07, 6.45) is 4.16. The lowest BCUT2D eigenvalue weighted by molar-refractivity contribution is -0.000416. The number of aromatic carboxylic acids is 1. The van der Waals surface area contributed by atoms with Crippen LogP contribution in [0.1, 0.15) is 37.3 Å². The van der Waals surface area contributed by atoms with Gasteiger partial charge in [0.05, 0.1) is 29.8 Å². The average Bonchev–Trinajstić information content (AvgIpc) is 3.15. The van der Waals surface area contributed by atoms with Crippen LogP contribution in [0.25, 0.3) is 16.9 Å². The van der Waals surface area contributed by atoms with Crippen LogP contribution >= 0.6 is 0 Å². The van der Waals surface area contributed by atoms with Gasteiger partial charge >= 0.3 is 12.1 Å². The molecule has 0 unspecified atom stereocenters. The van der Waals surface area contributed by atoms with Gasteiger partial charge in [0.1, 0.15) is 5.60 Å². The highest BCUT2D eigenvalue weighted by Gasteiger charge is 2.36. The van der Waals surface area contributed by atoms with Crippen LogP contribution in [0.15, 0.2) is 41.6 Å². The van der Waals surface area contributed by atoms with E-state index in [0.717, 1.165) is 16.8 Å². The molecule has 4 rings (SSSR count). The van der Waals surface area contributed by atoms with E-state index in [0.29, 0.717) is 30.0 Å². The highest BCUT2D eigenvalue weighted by molar-refractivity contribution is 5.85. The van der Waals surface area contributed by atoms with Gasteiger partial charge in [-0.15, -0.1) is 5.10 Å². The Hall–Kier alpha value is -4.09. The first kappa shape index (κ1) is 21.2. The Balaban J connectivity index is 1.58. The van der Waals surface area contributed by atoms with Crippen molar-refractivity contribution in [3.8, 4) is 16.9 Å². The molecule has 0 radical (unpaired) electrons. The van der Waals surface area contributed by atoms with E-state index in [4.69, 9.17) is 9.84 Å². The molecule has 12 heteroatoms. The largest absolute Gasteiger partial charge is 0.476 e. The molecule has 12 nitrogen and oxygen atoms in total. The fourth-order valence-electron chi connectivity index (χ4n) is 3.20. The standard InChI is InChI=1S/C20H21N7O5/c1-20(2,3)32-19(31)25-10-14(11-25)26-16(9-22-24-26)12-6-13(8-21-7-12)27-17(28)5-4-15(23-27)18(29)30/h4-9,14H,10-11H2,1-3H3,(H,29,30). The van der Waals surface area contributed by atoms with Crippen molar-refractivity contribution in [2.24, 2.45) is 0 Å². The molecule has 1 amide bonds. The molecule has 0 saturated carbocycles. The summed E-state index contributed by atoms with van der Waals surface area (Å²) in [4.78, 5) is 41.4. The van der Waals surface area contributed by atoms with Crippen LogP contribution in [0.4, 0.5) is 4.79 Å². The highest BCUT2D eigenvalue weighted by Crippen LogP contribution is 2.28. The number of carboxylic acids is 1. The van der Waals surface area contributed by atoms with Gasteiger partial charge in [-0.2, -0.15) is 9.78 Å². The predicted molar refractivity (Wildman–Crippen MR) is 110 cm³/mol. The van der Waals surface area contributed by atoms with Crippen molar-refractivity contribution in [3.63, 3.8) is 0 Å². The van der Waals surface area contributed by atoms with Gasteiger partial charge in [-0.1, -0.05) is 5.21 Å². The molecule has 0 spiro atoms. The van der Waals surface area contributed by atoms with Crippen molar-refractivity contribution in [2.45, 2.75) is 32.4 Å². The monoisotopic (exact) mass is 439 g/mol. The van der Waals surface area contributed by atoms with Crippen LogP contribution in [-0.2, 0) is 4.74 Å². The number of carbonyl (C=O) groups is 2. The van der Waals surface area contributed by atoms with Crippen LogP contribution in [0.5, 0.6) is 0 Å². The van der Waals surface area contributed by atoms with Gasteiger partial charge in [0, 0.05) is 30.9 Å². The number of likely N-dealkylation sites (tertiary alicyclic amines) is 1. The van der Waals surface area contributed by atoms with Crippen LogP contribution in [-0.4, -0.2) is 70.5 Å². The Morgan fingerprint density at radius 1 is 1.16 bits per heavy atom. The number of hydrogen-bond donors (Lipinski definition) is 1. The first-order valence-corrected chi connectivity index (χ1v) is 9.80. The fraction of sp³-hybridized carbons (Fsp3) is 0.350. The van der Waals surface area contributed by atoms with Gasteiger partial charge < -0.3 is 14.7 Å². The Morgan fingerprint density at radius 2 is 1.91 bits per heavy atom. The zero-order valence-corrected chi connectivity index (χ0v) is 17.7. The Labute approximate surface area is 182 Å². The van der Waals surface area contributed by atoms with Crippen LogP contribution in [0.3, 0.4) is 0 Å². The maximum Gasteiger partial charge on any atom is 0.410 e. The third-order valence-electron chi connectivity index (χ3n) is 4.72. The van der Waals surface area contributed by atoms with Crippen LogP contribution in [0.2, 0.25) is 0 Å². The Morgan fingerprint density at radius 3 is 2.59 bits per heavy atom. The summed E-state index contributed by atoms with van der Waals surface area (Å²) in [6.45, 7) is 6.26. The van der Waals surface area contributed by atoms with Crippen molar-refractivity contribution in [2.75, 3.05) is 13.1 Å². The number of aromatic nitrogens is 6. The molecule has 32 heavy (non-hydrogen) atoms. The second kappa shape index (κ2) is 7.87. The van der Waals surface area contributed by atoms with Crippen molar-refractivity contribution < 1.29 is 19.4 Å². The minimum absolute atomic E-state index is 0.0974. The summed E-state index contributed by atoms with van der Waals surface area (Å²) >= 11 is 0. The van der Waals surface area contributed by atoms with Crippen LogP contribution < -0.4 is 5.56 Å². The fourth-order valence-corrected chi connectivity index (χ4v) is 3.20. The summed E-state index contributed by atoms with van der Waals surface area (Å²) in [5.41, 5.74) is 0.211. The maximum absolute atomic E-state index is 12.2. The summed E-state index contributed by atoms with van der Waals surface area (Å²) < 4.78 is 8.04. The van der Waals surface area contributed by atoms with E-state index in [2.05, 4.69) is 20.4 Å². The SMILES string of the molecule is CC(C)(C)OC(=O)N1CC(n2nncc2-c2cncc(-n3nc(C(=O)O)ccc3=O)c2)C1. The molecule has 4 heterocycles. The van der Waals surface area contributed by atoms with E-state index >= 15 is 0 Å². The maximum atomic E-state index is 12.2. The minimum Gasteiger partial charge on any atom is -0.476 e. The average molecular weight is 439 g/mol. The van der Waals surface area contributed by atoms with Crippen molar-refractivity contribution in [1.82, 2.24) is 34.7 Å². The molecule has 3 aromatic rings. The molecule has 1 saturated heterocycles. The number of carboxylic acid groups (broad SMARTS) is 1. The first-order chi connectivity index (χ1) is 15.1. The third-order valence-corrected chi connectivity index (χ3v) is 4.72. The highest BCUT2D eigenvalue weighted by atomic mass is 16.6. The van der Waals surface area contributed by atoms with E-state index in [1.807, 2.05) is 20.8 Å². The molecule has 0 aliphatic carbocycles. The van der Waals surface area contributed by atoms with E-state index in [1.165, 1.54) is 6.20 Å². The van der Waals surface area contributed by atoms with E-state index in [-0.39, 0.29) is 17.8 Å². The second-order valence-electron chi connectivity index (χ2n) is 8.31. The molecule has 1 N–H and O–H groups in total. The number of pyridine rings is 1. The predicted octanol–water partition coefficient (Wildman–Crippen LogP) is 1.38. The number of carbonyl (C=O) groups excluding carboxylic acids is 1. The van der Waals surface area contributed by atoms with Crippen molar-refractivity contribution in [1.29, 1.82) is 0 Å². The molecular weight excluding hydrogens is 418 g/mol. The molecule has 0 aromatic carbocycles. The van der Waals surface area contributed by atoms with Gasteiger partial charge in [-0.3, -0.25) is 9.78 Å². The smallest absolute Gasteiger partial charge is 0.410 e. The van der Waals surface area contributed by atoms with E-state index in [1.54, 1.807) is 28.0 Å². The number of ether oxygens (including phenoxy) is 1. The van der Waals surface area contributed by atoms with Gasteiger partial charge in [0.25, 0.3) is 5.56 Å². The van der Waals surface area contributed by atoms with Crippen molar-refractivity contribution in [3.05, 3.63) is 52.8 Å². The molecule has 0 bridgehead atoms. The minimum atomic E-state index is -1.25. The van der Waals surface area contributed by atoms with Gasteiger partial charge in [-0.25, -0.2) is 14.3 Å². The quantitative estimate of drug-likeness (QED) is 0.637. The van der Waals surface area contributed by atoms with Gasteiger partial charge in [0.2, 0.25) is 0 Å². The lowest BCUT2D eigenvalue weighted by atomic mass is 10.1. The zero-order valence-electron chi connectivity index (χ0n) is 17.7. The van der Waals surface area contributed by atoms with Gasteiger partial charge in [0.15, 0.2) is 5.69 Å².